The van der Waals surface area contributed by atoms with Crippen LogP contribution in [-0.4, -0.2) is 8.42 Å². The summed E-state index contributed by atoms with van der Waals surface area (Å²) in [5.41, 5.74) is 6.20. The van der Waals surface area contributed by atoms with E-state index in [0.29, 0.717) is 5.56 Å². The highest BCUT2D eigenvalue weighted by atomic mass is 32.2. The van der Waals surface area contributed by atoms with E-state index in [1.807, 2.05) is 0 Å². The normalized spacial score (nSPS) is 11.7. The van der Waals surface area contributed by atoms with Gasteiger partial charge in [-0.15, -0.1) is 0 Å². The molecule has 0 saturated carbocycles. The number of nitrogens with one attached hydrogen (secondary N) is 1. The topological polar surface area (TPSA) is 85.3 Å². The Morgan fingerprint density at radius 1 is 1.32 bits per heavy atom. The van der Waals surface area contributed by atoms with Crippen LogP contribution in [0.2, 0.25) is 0 Å². The van der Waals surface area contributed by atoms with Crippen molar-refractivity contribution in [2.45, 2.75) is 18.0 Å². The van der Waals surface area contributed by atoms with Crippen LogP contribution in [0.1, 0.15) is 11.1 Å². The van der Waals surface area contributed by atoms with Crippen molar-refractivity contribution in [2.75, 3.05) is 0 Å². The molecule has 0 aliphatic rings. The average molecular weight is 284 g/mol. The first-order valence-electron chi connectivity index (χ1n) is 5.52. The lowest BCUT2D eigenvalue weighted by Gasteiger charge is -2.07. The predicted octanol–water partition coefficient (Wildman–Crippen LogP) is 1.36. The van der Waals surface area contributed by atoms with Crippen LogP contribution in [0.15, 0.2) is 46.1 Å². The summed E-state index contributed by atoms with van der Waals surface area (Å²) in [5.74, 6) is -0.517. The van der Waals surface area contributed by atoms with E-state index in [1.54, 1.807) is 6.07 Å². The molecule has 0 fully saturated rings. The fourth-order valence-electron chi connectivity index (χ4n) is 1.53. The minimum Gasteiger partial charge on any atom is -0.472 e. The number of rotatable bonds is 5. The van der Waals surface area contributed by atoms with Crippen LogP contribution in [0.3, 0.4) is 0 Å². The largest absolute Gasteiger partial charge is 0.472 e. The lowest BCUT2D eigenvalue weighted by atomic mass is 10.2. The van der Waals surface area contributed by atoms with Gasteiger partial charge in [0.2, 0.25) is 10.0 Å². The average Bonchev–Trinajstić information content (AvgIpc) is 2.90. The first kappa shape index (κ1) is 13.7. The van der Waals surface area contributed by atoms with Gasteiger partial charge in [0, 0.05) is 24.2 Å². The van der Waals surface area contributed by atoms with Crippen molar-refractivity contribution in [1.82, 2.24) is 4.72 Å². The summed E-state index contributed by atoms with van der Waals surface area (Å²) < 4.78 is 44.5. The second-order valence-electron chi connectivity index (χ2n) is 3.91. The smallest absolute Gasteiger partial charge is 0.240 e. The lowest BCUT2D eigenvalue weighted by Crippen LogP contribution is -2.23. The van der Waals surface area contributed by atoms with Gasteiger partial charge >= 0.3 is 0 Å². The molecule has 2 aromatic rings. The van der Waals surface area contributed by atoms with E-state index in [-0.39, 0.29) is 23.5 Å². The van der Waals surface area contributed by atoms with Gasteiger partial charge in [-0.1, -0.05) is 0 Å². The number of halogens is 1. The molecule has 0 spiro atoms. The third kappa shape index (κ3) is 3.19. The summed E-state index contributed by atoms with van der Waals surface area (Å²) >= 11 is 0. The summed E-state index contributed by atoms with van der Waals surface area (Å²) in [6, 6.07) is 5.17. The summed E-state index contributed by atoms with van der Waals surface area (Å²) in [4.78, 5) is -0.0159. The van der Waals surface area contributed by atoms with E-state index in [4.69, 9.17) is 10.2 Å². The first-order chi connectivity index (χ1) is 9.03. The number of sulfonamides is 1. The molecule has 1 heterocycles. The molecule has 102 valence electrons. The Bertz CT molecular complexity index is 654. The maximum absolute atomic E-state index is 13.3. The summed E-state index contributed by atoms with van der Waals surface area (Å²) in [6.45, 7) is 0.0467. The van der Waals surface area contributed by atoms with Crippen LogP contribution >= 0.6 is 0 Å². The quantitative estimate of drug-likeness (QED) is 0.868. The molecule has 0 aliphatic heterocycles. The molecule has 19 heavy (non-hydrogen) atoms. The standard InChI is InChI=1S/C12H13FN2O3S/c13-12-2-1-11(5-10(12)6-14)19(16,17)15-7-9-3-4-18-8-9/h1-5,8,15H,6-7,14H2. The highest BCUT2D eigenvalue weighted by molar-refractivity contribution is 7.89. The van der Waals surface area contributed by atoms with Gasteiger partial charge in [-0.05, 0) is 24.3 Å². The SMILES string of the molecule is NCc1cc(S(=O)(=O)NCc2ccoc2)ccc1F. The second kappa shape index (κ2) is 5.52. The van der Waals surface area contributed by atoms with E-state index in [1.165, 1.54) is 24.7 Å². The number of nitrogens with two attached hydrogens (primary N) is 1. The van der Waals surface area contributed by atoms with Gasteiger partial charge in [-0.25, -0.2) is 17.5 Å². The van der Waals surface area contributed by atoms with Gasteiger partial charge in [0.15, 0.2) is 0 Å². The van der Waals surface area contributed by atoms with Crippen molar-refractivity contribution in [3.8, 4) is 0 Å². The molecule has 0 amide bonds. The Balaban J connectivity index is 2.19. The molecular formula is C12H13FN2O3S. The van der Waals surface area contributed by atoms with Gasteiger partial charge < -0.3 is 10.2 Å². The van der Waals surface area contributed by atoms with E-state index in [0.717, 1.165) is 6.07 Å². The molecule has 7 heteroatoms. The zero-order chi connectivity index (χ0) is 13.9. The molecule has 0 saturated heterocycles. The summed E-state index contributed by atoms with van der Waals surface area (Å²) in [5, 5.41) is 0. The van der Waals surface area contributed by atoms with Crippen LogP contribution in [0.4, 0.5) is 4.39 Å². The third-order valence-electron chi connectivity index (χ3n) is 2.59. The maximum atomic E-state index is 13.3. The Morgan fingerprint density at radius 3 is 2.74 bits per heavy atom. The Kier molecular flexibility index (Phi) is 3.98. The first-order valence-corrected chi connectivity index (χ1v) is 7.00. The van der Waals surface area contributed by atoms with Crippen LogP contribution in [0.5, 0.6) is 0 Å². The maximum Gasteiger partial charge on any atom is 0.240 e. The van der Waals surface area contributed by atoms with E-state index >= 15 is 0 Å². The Hall–Kier alpha value is -1.70. The van der Waals surface area contributed by atoms with Gasteiger partial charge in [0.05, 0.1) is 17.4 Å². The molecular weight excluding hydrogens is 271 g/mol. The van der Waals surface area contributed by atoms with Crippen LogP contribution in [0, 0.1) is 5.82 Å². The molecule has 0 atom stereocenters. The summed E-state index contributed by atoms with van der Waals surface area (Å²) in [7, 11) is -3.70. The minimum atomic E-state index is -3.70. The Labute approximate surface area is 110 Å². The lowest BCUT2D eigenvalue weighted by molar-refractivity contribution is 0.561. The highest BCUT2D eigenvalue weighted by Gasteiger charge is 2.15. The molecule has 2 rings (SSSR count). The predicted molar refractivity (Wildman–Crippen MR) is 67.0 cm³/mol. The molecule has 0 unspecified atom stereocenters. The van der Waals surface area contributed by atoms with Gasteiger partial charge in [-0.3, -0.25) is 0 Å². The molecule has 5 nitrogen and oxygen atoms in total. The molecule has 0 bridgehead atoms. The fraction of sp³-hybridized carbons (Fsp3) is 0.167. The zero-order valence-electron chi connectivity index (χ0n) is 9.97. The third-order valence-corrected chi connectivity index (χ3v) is 3.99. The molecule has 1 aromatic carbocycles. The van der Waals surface area contributed by atoms with E-state index < -0.39 is 15.8 Å². The van der Waals surface area contributed by atoms with Crippen molar-refractivity contribution in [3.05, 3.63) is 53.7 Å². The molecule has 3 N–H and O–H groups in total. The van der Waals surface area contributed by atoms with Crippen molar-refractivity contribution >= 4 is 10.0 Å². The van der Waals surface area contributed by atoms with Crippen molar-refractivity contribution in [3.63, 3.8) is 0 Å². The van der Waals surface area contributed by atoms with Crippen molar-refractivity contribution in [1.29, 1.82) is 0 Å². The van der Waals surface area contributed by atoms with Crippen LogP contribution < -0.4 is 10.5 Å². The van der Waals surface area contributed by atoms with E-state index in [9.17, 15) is 12.8 Å². The fourth-order valence-corrected chi connectivity index (χ4v) is 2.60. The van der Waals surface area contributed by atoms with Crippen LogP contribution in [-0.2, 0) is 23.1 Å². The van der Waals surface area contributed by atoms with E-state index in [2.05, 4.69) is 4.72 Å². The highest BCUT2D eigenvalue weighted by Crippen LogP contribution is 2.15. The number of hydrogen-bond acceptors (Lipinski definition) is 4. The van der Waals surface area contributed by atoms with Gasteiger partial charge in [0.25, 0.3) is 0 Å². The number of benzene rings is 1. The molecule has 0 radical (unpaired) electrons. The second-order valence-corrected chi connectivity index (χ2v) is 5.68. The summed E-state index contributed by atoms with van der Waals surface area (Å²) in [6.07, 6.45) is 2.90. The van der Waals surface area contributed by atoms with Crippen molar-refractivity contribution < 1.29 is 17.2 Å². The molecule has 1 aromatic heterocycles. The monoisotopic (exact) mass is 284 g/mol. The Morgan fingerprint density at radius 2 is 2.11 bits per heavy atom. The number of hydrogen-bond donors (Lipinski definition) is 2. The van der Waals surface area contributed by atoms with Crippen molar-refractivity contribution in [2.24, 2.45) is 5.73 Å². The zero-order valence-corrected chi connectivity index (χ0v) is 10.8. The number of furan rings is 1. The van der Waals surface area contributed by atoms with Crippen LogP contribution in [0.25, 0.3) is 0 Å². The van der Waals surface area contributed by atoms with Gasteiger partial charge in [0.1, 0.15) is 5.82 Å². The van der Waals surface area contributed by atoms with Gasteiger partial charge in [-0.2, -0.15) is 0 Å². The minimum absolute atomic E-state index is 0.0159. The molecule has 0 aliphatic carbocycles.